The molecule has 1 nitrogen and oxygen atoms in total. The molecule has 0 aromatic heterocycles. The zero-order chi connectivity index (χ0) is 12.3. The molecule has 0 bridgehead atoms. The Labute approximate surface area is 108 Å². The van der Waals surface area contributed by atoms with Crippen molar-refractivity contribution >= 4 is 0 Å². The average molecular weight is 237 g/mol. The van der Waals surface area contributed by atoms with Gasteiger partial charge in [0.15, 0.2) is 0 Å². The minimum absolute atomic E-state index is 0.908. The molecule has 1 saturated carbocycles. The number of piperidine rings is 1. The van der Waals surface area contributed by atoms with Crippen molar-refractivity contribution < 1.29 is 0 Å². The summed E-state index contributed by atoms with van der Waals surface area (Å²) in [6.07, 6.45) is 8.85. The molecule has 0 radical (unpaired) electrons. The van der Waals surface area contributed by atoms with Gasteiger partial charge in [-0.15, -0.1) is 0 Å². The van der Waals surface area contributed by atoms with Crippen LogP contribution in [0.3, 0.4) is 0 Å². The highest BCUT2D eigenvalue weighted by Crippen LogP contribution is 2.40. The molecule has 1 heteroatoms. The van der Waals surface area contributed by atoms with E-state index in [1.54, 1.807) is 0 Å². The second-order valence-electron chi connectivity index (χ2n) is 6.87. The Hall–Kier alpha value is -0.0400. The number of hydrogen-bond donors (Lipinski definition) is 1. The van der Waals surface area contributed by atoms with Gasteiger partial charge in [0.1, 0.15) is 0 Å². The van der Waals surface area contributed by atoms with Gasteiger partial charge in [0, 0.05) is 0 Å². The van der Waals surface area contributed by atoms with E-state index in [2.05, 4.69) is 26.1 Å². The standard InChI is InChI=1S/C16H31N/c1-12(2)14-4-6-15(7-5-14)13(3)16-8-10-17-11-9-16/h12-17H,4-11H2,1-3H3. The molecule has 0 aromatic rings. The van der Waals surface area contributed by atoms with E-state index in [1.807, 2.05) is 0 Å². The molecule has 2 rings (SSSR count). The van der Waals surface area contributed by atoms with E-state index >= 15 is 0 Å². The summed E-state index contributed by atoms with van der Waals surface area (Å²) in [6.45, 7) is 9.87. The molecular weight excluding hydrogens is 206 g/mol. The summed E-state index contributed by atoms with van der Waals surface area (Å²) in [6, 6.07) is 0. The van der Waals surface area contributed by atoms with Crippen molar-refractivity contribution in [3.63, 3.8) is 0 Å². The van der Waals surface area contributed by atoms with Crippen molar-refractivity contribution in [1.29, 1.82) is 0 Å². The molecule has 1 saturated heterocycles. The zero-order valence-electron chi connectivity index (χ0n) is 12.0. The Kier molecular flexibility index (Phi) is 4.90. The summed E-state index contributed by atoms with van der Waals surface area (Å²) in [7, 11) is 0. The lowest BCUT2D eigenvalue weighted by atomic mass is 9.68. The third-order valence-corrected chi connectivity index (χ3v) is 5.63. The number of hydrogen-bond acceptors (Lipinski definition) is 1. The maximum Gasteiger partial charge on any atom is -0.00462 e. The number of nitrogens with one attached hydrogen (secondary N) is 1. The zero-order valence-corrected chi connectivity index (χ0v) is 12.0. The molecule has 1 heterocycles. The first-order chi connectivity index (χ1) is 8.18. The van der Waals surface area contributed by atoms with E-state index < -0.39 is 0 Å². The van der Waals surface area contributed by atoms with Crippen LogP contribution in [0.5, 0.6) is 0 Å². The molecule has 1 atom stereocenters. The minimum Gasteiger partial charge on any atom is -0.317 e. The largest absolute Gasteiger partial charge is 0.317 e. The van der Waals surface area contributed by atoms with Crippen LogP contribution in [0.2, 0.25) is 0 Å². The summed E-state index contributed by atoms with van der Waals surface area (Å²) in [5, 5.41) is 3.49. The molecule has 100 valence electrons. The second kappa shape index (κ2) is 6.22. The van der Waals surface area contributed by atoms with Crippen molar-refractivity contribution in [3.05, 3.63) is 0 Å². The highest BCUT2D eigenvalue weighted by atomic mass is 14.9. The van der Waals surface area contributed by atoms with E-state index in [4.69, 9.17) is 0 Å². The number of rotatable bonds is 3. The van der Waals surface area contributed by atoms with E-state index in [1.165, 1.54) is 51.6 Å². The summed E-state index contributed by atoms with van der Waals surface area (Å²) in [4.78, 5) is 0. The first-order valence-electron chi connectivity index (χ1n) is 7.89. The van der Waals surface area contributed by atoms with Crippen LogP contribution in [-0.2, 0) is 0 Å². The molecule has 1 unspecified atom stereocenters. The average Bonchev–Trinajstić information content (AvgIpc) is 2.39. The van der Waals surface area contributed by atoms with Crippen LogP contribution in [0.25, 0.3) is 0 Å². The van der Waals surface area contributed by atoms with E-state index in [0.29, 0.717) is 0 Å². The lowest BCUT2D eigenvalue weighted by Gasteiger charge is -2.38. The summed E-state index contributed by atoms with van der Waals surface area (Å²) < 4.78 is 0. The van der Waals surface area contributed by atoms with Crippen LogP contribution < -0.4 is 5.32 Å². The normalized spacial score (nSPS) is 33.9. The highest BCUT2D eigenvalue weighted by Gasteiger charge is 2.31. The van der Waals surface area contributed by atoms with E-state index in [9.17, 15) is 0 Å². The van der Waals surface area contributed by atoms with E-state index in [-0.39, 0.29) is 0 Å². The van der Waals surface area contributed by atoms with Gasteiger partial charge in [-0.1, -0.05) is 20.8 Å². The van der Waals surface area contributed by atoms with Crippen LogP contribution in [0.4, 0.5) is 0 Å². The van der Waals surface area contributed by atoms with Gasteiger partial charge in [0.25, 0.3) is 0 Å². The van der Waals surface area contributed by atoms with Crippen molar-refractivity contribution in [2.45, 2.75) is 59.3 Å². The first kappa shape index (κ1) is 13.4. The molecular formula is C16H31N. The topological polar surface area (TPSA) is 12.0 Å². The van der Waals surface area contributed by atoms with Crippen molar-refractivity contribution in [3.8, 4) is 0 Å². The van der Waals surface area contributed by atoms with Gasteiger partial charge in [0.05, 0.1) is 0 Å². The van der Waals surface area contributed by atoms with Gasteiger partial charge in [-0.05, 0) is 81.2 Å². The lowest BCUT2D eigenvalue weighted by molar-refractivity contribution is 0.130. The third kappa shape index (κ3) is 3.47. The molecule has 0 spiro atoms. The Morgan fingerprint density at radius 2 is 1.18 bits per heavy atom. The molecule has 0 amide bonds. The Bertz CT molecular complexity index is 210. The molecule has 1 aliphatic heterocycles. The van der Waals surface area contributed by atoms with Crippen LogP contribution >= 0.6 is 0 Å². The third-order valence-electron chi connectivity index (χ3n) is 5.63. The van der Waals surface area contributed by atoms with Crippen molar-refractivity contribution in [2.24, 2.45) is 29.6 Å². The molecule has 1 aliphatic carbocycles. The van der Waals surface area contributed by atoms with E-state index in [0.717, 1.165) is 29.6 Å². The maximum absolute atomic E-state index is 3.49. The van der Waals surface area contributed by atoms with Crippen molar-refractivity contribution in [1.82, 2.24) is 5.32 Å². The van der Waals surface area contributed by atoms with Gasteiger partial charge in [0.2, 0.25) is 0 Å². The Balaban J connectivity index is 1.79. The molecule has 2 fully saturated rings. The van der Waals surface area contributed by atoms with Crippen LogP contribution in [0.15, 0.2) is 0 Å². The predicted molar refractivity (Wildman–Crippen MR) is 75.0 cm³/mol. The Morgan fingerprint density at radius 3 is 1.71 bits per heavy atom. The molecule has 1 N–H and O–H groups in total. The Morgan fingerprint density at radius 1 is 0.706 bits per heavy atom. The fourth-order valence-corrected chi connectivity index (χ4v) is 4.09. The minimum atomic E-state index is 0.908. The first-order valence-corrected chi connectivity index (χ1v) is 7.89. The van der Waals surface area contributed by atoms with Crippen LogP contribution in [0.1, 0.15) is 59.3 Å². The smallest absolute Gasteiger partial charge is 0.00462 e. The summed E-state index contributed by atoms with van der Waals surface area (Å²) in [5.41, 5.74) is 0. The quantitative estimate of drug-likeness (QED) is 0.780. The van der Waals surface area contributed by atoms with Gasteiger partial charge < -0.3 is 5.32 Å². The summed E-state index contributed by atoms with van der Waals surface area (Å²) >= 11 is 0. The monoisotopic (exact) mass is 237 g/mol. The van der Waals surface area contributed by atoms with Crippen molar-refractivity contribution in [2.75, 3.05) is 13.1 Å². The molecule has 2 aliphatic rings. The summed E-state index contributed by atoms with van der Waals surface area (Å²) in [5.74, 6) is 4.95. The molecule has 0 aromatic carbocycles. The van der Waals surface area contributed by atoms with Gasteiger partial charge in [-0.2, -0.15) is 0 Å². The SMILES string of the molecule is CC(C)C1CCC(C(C)C2CCNCC2)CC1. The van der Waals surface area contributed by atoms with Crippen LogP contribution in [0, 0.1) is 29.6 Å². The fraction of sp³-hybridized carbons (Fsp3) is 1.00. The second-order valence-corrected chi connectivity index (χ2v) is 6.87. The molecule has 17 heavy (non-hydrogen) atoms. The van der Waals surface area contributed by atoms with Crippen LogP contribution in [-0.4, -0.2) is 13.1 Å². The van der Waals surface area contributed by atoms with Gasteiger partial charge in [-0.25, -0.2) is 0 Å². The lowest BCUT2D eigenvalue weighted by Crippen LogP contribution is -2.34. The fourth-order valence-electron chi connectivity index (χ4n) is 4.09. The highest BCUT2D eigenvalue weighted by molar-refractivity contribution is 4.82. The maximum atomic E-state index is 3.49. The predicted octanol–water partition coefficient (Wildman–Crippen LogP) is 4.08. The van der Waals surface area contributed by atoms with Gasteiger partial charge in [-0.3, -0.25) is 0 Å². The van der Waals surface area contributed by atoms with Gasteiger partial charge >= 0.3 is 0 Å².